The third-order valence-corrected chi connectivity index (χ3v) is 6.75. The fraction of sp³-hybridized carbons (Fsp3) is 0.318. The number of hydrogen-bond donors (Lipinski definition) is 1. The summed E-state index contributed by atoms with van der Waals surface area (Å²) in [5.41, 5.74) is 4.14. The lowest BCUT2D eigenvalue weighted by molar-refractivity contribution is 0.202. The van der Waals surface area contributed by atoms with Gasteiger partial charge in [-0.2, -0.15) is 8.75 Å². The minimum Gasteiger partial charge on any atom is -0.490 e. The van der Waals surface area contributed by atoms with Gasteiger partial charge in [0.15, 0.2) is 16.7 Å². The number of ether oxygens (including phenoxy) is 1. The van der Waals surface area contributed by atoms with Crippen LogP contribution in [-0.4, -0.2) is 20.3 Å². The van der Waals surface area contributed by atoms with E-state index in [1.807, 2.05) is 29.6 Å². The topological polar surface area (TPSA) is 59.9 Å². The first kappa shape index (κ1) is 19.4. The number of hydrogen-bond acceptors (Lipinski definition) is 7. The Labute approximate surface area is 182 Å². The lowest BCUT2D eigenvalue weighted by Gasteiger charge is -2.21. The van der Waals surface area contributed by atoms with Crippen molar-refractivity contribution in [2.75, 3.05) is 11.9 Å². The fourth-order valence-corrected chi connectivity index (χ4v) is 5.13. The number of nitrogens with one attached hydrogen (secondary N) is 1. The average Bonchev–Trinajstić information content (AvgIpc) is 3.43. The number of thiazole rings is 1. The highest BCUT2D eigenvalue weighted by Gasteiger charge is 2.16. The van der Waals surface area contributed by atoms with Gasteiger partial charge in [0.1, 0.15) is 11.0 Å². The van der Waals surface area contributed by atoms with Crippen LogP contribution in [0, 0.1) is 11.7 Å². The van der Waals surface area contributed by atoms with Crippen LogP contribution < -0.4 is 10.1 Å². The molecule has 2 aromatic heterocycles. The molecule has 1 fully saturated rings. The van der Waals surface area contributed by atoms with E-state index in [-0.39, 0.29) is 5.82 Å². The number of anilines is 2. The molecule has 0 unspecified atom stereocenters. The van der Waals surface area contributed by atoms with Gasteiger partial charge in [0.2, 0.25) is 0 Å². The van der Waals surface area contributed by atoms with Crippen LogP contribution in [0.25, 0.3) is 22.3 Å². The van der Waals surface area contributed by atoms with Crippen molar-refractivity contribution in [2.45, 2.75) is 32.1 Å². The normalized spacial score (nSPS) is 14.8. The van der Waals surface area contributed by atoms with E-state index in [2.05, 4.69) is 19.0 Å². The Morgan fingerprint density at radius 1 is 1.10 bits per heavy atom. The first-order chi connectivity index (χ1) is 14.8. The summed E-state index contributed by atoms with van der Waals surface area (Å²) in [6, 6.07) is 10.9. The summed E-state index contributed by atoms with van der Waals surface area (Å²) in [5.74, 6) is 0.502. The predicted molar refractivity (Wildman–Crippen MR) is 120 cm³/mol. The summed E-state index contributed by atoms with van der Waals surface area (Å²) in [5, 5.41) is 5.85. The molecule has 8 heteroatoms. The Morgan fingerprint density at radius 2 is 2.00 bits per heavy atom. The van der Waals surface area contributed by atoms with Gasteiger partial charge in [0.25, 0.3) is 0 Å². The monoisotopic (exact) mass is 440 g/mol. The molecule has 5 nitrogen and oxygen atoms in total. The smallest absolute Gasteiger partial charge is 0.187 e. The van der Waals surface area contributed by atoms with E-state index < -0.39 is 0 Å². The van der Waals surface area contributed by atoms with Crippen molar-refractivity contribution in [2.24, 2.45) is 5.92 Å². The van der Waals surface area contributed by atoms with E-state index in [0.29, 0.717) is 29.1 Å². The zero-order valence-corrected chi connectivity index (χ0v) is 17.9. The molecule has 1 aliphatic rings. The van der Waals surface area contributed by atoms with Gasteiger partial charge in [-0.1, -0.05) is 31.4 Å². The largest absolute Gasteiger partial charge is 0.490 e. The molecule has 154 valence electrons. The molecule has 0 spiro atoms. The molecule has 0 radical (unpaired) electrons. The summed E-state index contributed by atoms with van der Waals surface area (Å²) in [6.07, 6.45) is 6.17. The SMILES string of the molecule is Fc1cc(Nc2nc(-c3cccc4nsnc34)cs2)ccc1OCC1CCCCC1. The Kier molecular flexibility index (Phi) is 5.59. The molecule has 1 N–H and O–H groups in total. The second-order valence-corrected chi connectivity index (χ2v) is 8.95. The van der Waals surface area contributed by atoms with Gasteiger partial charge in [0.05, 0.1) is 24.0 Å². The van der Waals surface area contributed by atoms with Gasteiger partial charge in [-0.3, -0.25) is 0 Å². The van der Waals surface area contributed by atoms with Crippen molar-refractivity contribution in [1.82, 2.24) is 13.7 Å². The maximum absolute atomic E-state index is 14.5. The highest BCUT2D eigenvalue weighted by molar-refractivity contribution is 7.14. The van der Waals surface area contributed by atoms with Gasteiger partial charge >= 0.3 is 0 Å². The third-order valence-electron chi connectivity index (χ3n) is 5.45. The maximum atomic E-state index is 14.5. The number of rotatable bonds is 6. The van der Waals surface area contributed by atoms with E-state index in [4.69, 9.17) is 4.74 Å². The minimum absolute atomic E-state index is 0.314. The molecule has 0 saturated heterocycles. The molecule has 30 heavy (non-hydrogen) atoms. The first-order valence-electron chi connectivity index (χ1n) is 10.1. The average molecular weight is 441 g/mol. The second kappa shape index (κ2) is 8.65. The second-order valence-electron chi connectivity index (χ2n) is 7.56. The molecule has 1 aliphatic carbocycles. The molecular weight excluding hydrogens is 419 g/mol. The minimum atomic E-state index is -0.356. The van der Waals surface area contributed by atoms with E-state index in [1.54, 1.807) is 6.07 Å². The van der Waals surface area contributed by atoms with Crippen LogP contribution in [0.3, 0.4) is 0 Å². The number of benzene rings is 2. The Balaban J connectivity index is 1.27. The summed E-state index contributed by atoms with van der Waals surface area (Å²) in [6.45, 7) is 0.594. The quantitative estimate of drug-likeness (QED) is 0.363. The van der Waals surface area contributed by atoms with Crippen LogP contribution in [-0.2, 0) is 0 Å². The molecule has 0 bridgehead atoms. The van der Waals surface area contributed by atoms with Gasteiger partial charge in [-0.15, -0.1) is 11.3 Å². The summed E-state index contributed by atoms with van der Waals surface area (Å²) in [7, 11) is 0. The number of halogens is 1. The van der Waals surface area contributed by atoms with Gasteiger partial charge in [-0.05, 0) is 37.0 Å². The summed E-state index contributed by atoms with van der Waals surface area (Å²) < 4.78 is 28.9. The van der Waals surface area contributed by atoms with E-state index >= 15 is 0 Å². The van der Waals surface area contributed by atoms with Crippen molar-refractivity contribution >= 4 is 44.9 Å². The van der Waals surface area contributed by atoms with Crippen molar-refractivity contribution in [3.8, 4) is 17.0 Å². The number of fused-ring (bicyclic) bond motifs is 1. The molecule has 1 saturated carbocycles. The highest BCUT2D eigenvalue weighted by Crippen LogP contribution is 2.32. The van der Waals surface area contributed by atoms with Crippen molar-refractivity contribution in [3.05, 3.63) is 47.6 Å². The maximum Gasteiger partial charge on any atom is 0.187 e. The fourth-order valence-electron chi connectivity index (χ4n) is 3.85. The zero-order chi connectivity index (χ0) is 20.3. The standard InChI is InChI=1S/C22H21FN4OS2/c23-17-11-15(9-10-20(17)28-12-14-5-2-1-3-6-14)24-22-25-19(13-29-22)16-7-4-8-18-21(16)27-30-26-18/h4,7-11,13-14H,1-3,5-6,12H2,(H,24,25). The predicted octanol–water partition coefficient (Wildman–Crippen LogP) is 6.66. The summed E-state index contributed by atoms with van der Waals surface area (Å²) in [4.78, 5) is 4.65. The van der Waals surface area contributed by atoms with Crippen molar-refractivity contribution in [1.29, 1.82) is 0 Å². The number of aromatic nitrogens is 3. The molecule has 0 aliphatic heterocycles. The molecule has 4 aromatic rings. The number of nitrogens with zero attached hydrogens (tertiary/aromatic N) is 3. The highest BCUT2D eigenvalue weighted by atomic mass is 32.1. The zero-order valence-electron chi connectivity index (χ0n) is 16.3. The van der Waals surface area contributed by atoms with E-state index in [9.17, 15) is 4.39 Å². The Bertz CT molecular complexity index is 1150. The van der Waals surface area contributed by atoms with Crippen LogP contribution in [0.2, 0.25) is 0 Å². The lowest BCUT2D eigenvalue weighted by Crippen LogP contribution is -2.15. The molecule has 2 aromatic carbocycles. The van der Waals surface area contributed by atoms with E-state index in [0.717, 1.165) is 22.3 Å². The van der Waals surface area contributed by atoms with Crippen LogP contribution >= 0.6 is 23.1 Å². The van der Waals surface area contributed by atoms with Crippen molar-refractivity contribution < 1.29 is 9.13 Å². The first-order valence-corrected chi connectivity index (χ1v) is 11.7. The van der Waals surface area contributed by atoms with Gasteiger partial charge in [0, 0.05) is 22.7 Å². The Hall–Kier alpha value is -2.58. The molecule has 0 atom stereocenters. The van der Waals surface area contributed by atoms with Crippen molar-refractivity contribution in [3.63, 3.8) is 0 Å². The Morgan fingerprint density at radius 3 is 2.87 bits per heavy atom. The molecular formula is C22H21FN4OS2. The third kappa shape index (κ3) is 4.15. The van der Waals surface area contributed by atoms with E-state index in [1.165, 1.54) is 61.2 Å². The van der Waals surface area contributed by atoms with Crippen LogP contribution in [0.1, 0.15) is 32.1 Å². The molecule has 2 heterocycles. The van der Waals surface area contributed by atoms with Crippen LogP contribution in [0.5, 0.6) is 5.75 Å². The molecule has 5 rings (SSSR count). The van der Waals surface area contributed by atoms with Gasteiger partial charge in [-0.25, -0.2) is 9.37 Å². The van der Waals surface area contributed by atoms with Gasteiger partial charge < -0.3 is 10.1 Å². The molecule has 0 amide bonds. The van der Waals surface area contributed by atoms with Crippen LogP contribution in [0.15, 0.2) is 41.8 Å². The van der Waals surface area contributed by atoms with Crippen LogP contribution in [0.4, 0.5) is 15.2 Å². The lowest BCUT2D eigenvalue weighted by atomic mass is 9.90. The summed E-state index contributed by atoms with van der Waals surface area (Å²) >= 11 is 2.66.